The van der Waals surface area contributed by atoms with Crippen LogP contribution in [-0.4, -0.2) is 61.8 Å². The van der Waals surface area contributed by atoms with Crippen molar-refractivity contribution in [3.05, 3.63) is 6.33 Å². The lowest BCUT2D eigenvalue weighted by molar-refractivity contribution is -0.152. The van der Waals surface area contributed by atoms with Gasteiger partial charge in [-0.05, 0) is 13.8 Å². The van der Waals surface area contributed by atoms with E-state index in [4.69, 9.17) is 15.2 Å². The molecule has 2 aromatic heterocycles. The Labute approximate surface area is 131 Å². The summed E-state index contributed by atoms with van der Waals surface area (Å²) in [5.41, 5.74) is 4.41. The first-order chi connectivity index (χ1) is 10.9. The molecule has 0 aliphatic rings. The summed E-state index contributed by atoms with van der Waals surface area (Å²) in [6.07, 6.45) is -2.48. The minimum atomic E-state index is -1.97. The van der Waals surface area contributed by atoms with Crippen LogP contribution in [0.3, 0.4) is 0 Å². The maximum atomic E-state index is 14.8. The number of aromatic nitrogens is 4. The molecule has 2 heterocycles. The number of halogens is 1. The highest BCUT2D eigenvalue weighted by Crippen LogP contribution is 2.30. The standard InChI is InChI=1S/C13H20FN5O4/c1-4-23-11-7-10(17-12(15)18-11)19(6-16-7)9(14)8(21)13(2,5-20)22-3/h6,8-9,20-21H,4-5H2,1-3H3,(H2,15,17,18)/t8-,9-,13+/m0/s1. The van der Waals surface area contributed by atoms with Crippen LogP contribution in [0.2, 0.25) is 0 Å². The lowest BCUT2D eigenvalue weighted by Gasteiger charge is -2.33. The molecule has 0 bridgehead atoms. The number of nitrogen functional groups attached to an aromatic ring is 1. The number of imidazole rings is 1. The number of aliphatic hydroxyl groups excluding tert-OH is 2. The molecule has 0 aromatic carbocycles. The highest BCUT2D eigenvalue weighted by molar-refractivity contribution is 5.77. The number of hydrogen-bond donors (Lipinski definition) is 3. The van der Waals surface area contributed by atoms with Gasteiger partial charge in [-0.2, -0.15) is 9.97 Å². The summed E-state index contributed by atoms with van der Waals surface area (Å²) in [5.74, 6) is 0.0214. The second kappa shape index (κ2) is 6.60. The van der Waals surface area contributed by atoms with Gasteiger partial charge >= 0.3 is 0 Å². The molecule has 128 valence electrons. The van der Waals surface area contributed by atoms with Crippen molar-refractivity contribution in [1.82, 2.24) is 19.5 Å². The van der Waals surface area contributed by atoms with E-state index in [0.717, 1.165) is 10.9 Å². The van der Waals surface area contributed by atoms with Crippen LogP contribution in [-0.2, 0) is 4.74 Å². The largest absolute Gasteiger partial charge is 0.476 e. The van der Waals surface area contributed by atoms with Crippen LogP contribution in [0.15, 0.2) is 6.33 Å². The second-order valence-electron chi connectivity index (χ2n) is 5.14. The van der Waals surface area contributed by atoms with Crippen LogP contribution in [0.5, 0.6) is 5.88 Å². The molecule has 10 heteroatoms. The monoisotopic (exact) mass is 329 g/mol. The van der Waals surface area contributed by atoms with Crippen LogP contribution in [0.4, 0.5) is 10.3 Å². The first-order valence-electron chi connectivity index (χ1n) is 6.99. The SMILES string of the molecule is CCOc1nc(N)nc2c1ncn2[C@H](F)[C@H](O)[C@@](C)(CO)OC. The van der Waals surface area contributed by atoms with Crippen molar-refractivity contribution in [2.75, 3.05) is 26.1 Å². The zero-order valence-electron chi connectivity index (χ0n) is 13.1. The number of aliphatic hydroxyl groups is 2. The number of fused-ring (bicyclic) bond motifs is 1. The third-order valence-corrected chi connectivity index (χ3v) is 3.62. The second-order valence-corrected chi connectivity index (χ2v) is 5.14. The summed E-state index contributed by atoms with van der Waals surface area (Å²) in [4.78, 5) is 11.9. The Balaban J connectivity index is 2.48. The summed E-state index contributed by atoms with van der Waals surface area (Å²) in [5, 5.41) is 19.5. The van der Waals surface area contributed by atoms with Gasteiger partial charge in [0.15, 0.2) is 11.2 Å². The van der Waals surface area contributed by atoms with Crippen LogP contribution < -0.4 is 10.5 Å². The number of ether oxygens (including phenoxy) is 2. The smallest absolute Gasteiger partial charge is 0.247 e. The molecular weight excluding hydrogens is 309 g/mol. The predicted octanol–water partition coefficient (Wildman–Crippen LogP) is 0.0336. The fourth-order valence-corrected chi connectivity index (χ4v) is 2.05. The highest BCUT2D eigenvalue weighted by atomic mass is 19.1. The molecule has 0 saturated heterocycles. The van der Waals surface area contributed by atoms with Crippen molar-refractivity contribution < 1.29 is 24.1 Å². The topological polar surface area (TPSA) is 129 Å². The van der Waals surface area contributed by atoms with E-state index >= 15 is 0 Å². The van der Waals surface area contributed by atoms with E-state index < -0.39 is 24.6 Å². The van der Waals surface area contributed by atoms with E-state index in [9.17, 15) is 14.6 Å². The maximum Gasteiger partial charge on any atom is 0.247 e. The number of alkyl halides is 1. The molecule has 9 nitrogen and oxygen atoms in total. The average molecular weight is 329 g/mol. The summed E-state index contributed by atoms with van der Waals surface area (Å²) < 4.78 is 26.1. The van der Waals surface area contributed by atoms with Gasteiger partial charge in [0.2, 0.25) is 18.1 Å². The van der Waals surface area contributed by atoms with Gasteiger partial charge in [0.05, 0.1) is 19.5 Å². The van der Waals surface area contributed by atoms with Gasteiger partial charge in [0.25, 0.3) is 0 Å². The minimum absolute atomic E-state index is 0.0730. The molecule has 0 amide bonds. The summed E-state index contributed by atoms with van der Waals surface area (Å²) in [7, 11) is 1.27. The normalized spacial score (nSPS) is 17.0. The third kappa shape index (κ3) is 3.05. The maximum absolute atomic E-state index is 14.8. The number of hydrogen-bond acceptors (Lipinski definition) is 8. The van der Waals surface area contributed by atoms with Gasteiger partial charge in [0, 0.05) is 7.11 Å². The Morgan fingerprint density at radius 2 is 2.17 bits per heavy atom. The van der Waals surface area contributed by atoms with Crippen molar-refractivity contribution >= 4 is 17.1 Å². The van der Waals surface area contributed by atoms with Crippen molar-refractivity contribution in [2.45, 2.75) is 31.8 Å². The molecule has 0 fully saturated rings. The zero-order valence-corrected chi connectivity index (χ0v) is 13.1. The van der Waals surface area contributed by atoms with Gasteiger partial charge in [-0.3, -0.25) is 4.57 Å². The molecule has 23 heavy (non-hydrogen) atoms. The highest BCUT2D eigenvalue weighted by Gasteiger charge is 2.40. The van der Waals surface area contributed by atoms with E-state index in [2.05, 4.69) is 15.0 Å². The van der Waals surface area contributed by atoms with Gasteiger partial charge in [-0.15, -0.1) is 0 Å². The summed E-state index contributed by atoms with van der Waals surface area (Å²) in [6, 6.07) is 0. The Morgan fingerprint density at radius 3 is 2.74 bits per heavy atom. The van der Waals surface area contributed by atoms with E-state index in [1.165, 1.54) is 14.0 Å². The first-order valence-corrected chi connectivity index (χ1v) is 6.99. The van der Waals surface area contributed by atoms with E-state index in [1.807, 2.05) is 0 Å². The van der Waals surface area contributed by atoms with E-state index in [0.29, 0.717) is 6.61 Å². The lowest BCUT2D eigenvalue weighted by Crippen LogP contribution is -2.48. The molecule has 4 N–H and O–H groups in total. The number of nitrogens with zero attached hydrogens (tertiary/aromatic N) is 4. The summed E-state index contributed by atoms with van der Waals surface area (Å²) >= 11 is 0. The Bertz CT molecular complexity index is 676. The van der Waals surface area contributed by atoms with Gasteiger partial charge in [-0.1, -0.05) is 0 Å². The number of nitrogens with two attached hydrogens (primary N) is 1. The fraction of sp³-hybridized carbons (Fsp3) is 0.615. The molecule has 2 rings (SSSR count). The predicted molar refractivity (Wildman–Crippen MR) is 79.6 cm³/mol. The minimum Gasteiger partial charge on any atom is -0.476 e. The summed E-state index contributed by atoms with van der Waals surface area (Å²) in [6.45, 7) is 2.90. The number of rotatable bonds is 7. The molecule has 0 unspecified atom stereocenters. The Hall–Kier alpha value is -2.04. The van der Waals surface area contributed by atoms with Crippen molar-refractivity contribution in [1.29, 1.82) is 0 Å². The van der Waals surface area contributed by atoms with Gasteiger partial charge < -0.3 is 25.4 Å². The van der Waals surface area contributed by atoms with Crippen molar-refractivity contribution in [3.8, 4) is 5.88 Å². The molecule has 0 spiro atoms. The molecular formula is C13H20FN5O4. The molecule has 0 radical (unpaired) electrons. The van der Waals surface area contributed by atoms with E-state index in [1.54, 1.807) is 6.92 Å². The molecule has 3 atom stereocenters. The zero-order chi connectivity index (χ0) is 17.2. The van der Waals surface area contributed by atoms with Crippen LogP contribution in [0, 0.1) is 0 Å². The van der Waals surface area contributed by atoms with Crippen LogP contribution in [0.25, 0.3) is 11.2 Å². The third-order valence-electron chi connectivity index (χ3n) is 3.62. The Kier molecular flexibility index (Phi) is 4.97. The Morgan fingerprint density at radius 1 is 1.48 bits per heavy atom. The van der Waals surface area contributed by atoms with Crippen molar-refractivity contribution in [2.24, 2.45) is 0 Å². The number of anilines is 1. The van der Waals surface area contributed by atoms with Gasteiger partial charge in [0.1, 0.15) is 11.7 Å². The average Bonchev–Trinajstić information content (AvgIpc) is 2.96. The molecule has 0 saturated carbocycles. The molecule has 2 aromatic rings. The lowest BCUT2D eigenvalue weighted by atomic mass is 9.99. The molecule has 0 aliphatic heterocycles. The van der Waals surface area contributed by atoms with Crippen LogP contribution >= 0.6 is 0 Å². The quantitative estimate of drug-likeness (QED) is 0.649. The van der Waals surface area contributed by atoms with Crippen LogP contribution in [0.1, 0.15) is 20.1 Å². The first kappa shape index (κ1) is 17.3. The number of methoxy groups -OCH3 is 1. The van der Waals surface area contributed by atoms with E-state index in [-0.39, 0.29) is 23.0 Å². The van der Waals surface area contributed by atoms with Gasteiger partial charge in [-0.25, -0.2) is 9.37 Å². The molecule has 0 aliphatic carbocycles. The van der Waals surface area contributed by atoms with Crippen molar-refractivity contribution in [3.63, 3.8) is 0 Å². The fourth-order valence-electron chi connectivity index (χ4n) is 2.05.